The molecule has 0 saturated heterocycles. The summed E-state index contributed by atoms with van der Waals surface area (Å²) in [4.78, 5) is 38.0. The van der Waals surface area contributed by atoms with Crippen molar-refractivity contribution in [2.45, 2.75) is 252 Å². The molecule has 1 unspecified atom stereocenters. The summed E-state index contributed by atoms with van der Waals surface area (Å²) in [5.74, 6) is -0.969. The van der Waals surface area contributed by atoms with Gasteiger partial charge in [0.2, 0.25) is 0 Å². The van der Waals surface area contributed by atoms with Gasteiger partial charge in [0.1, 0.15) is 13.2 Å². The van der Waals surface area contributed by atoms with Gasteiger partial charge in [-0.05, 0) is 89.9 Å². The first-order valence-corrected chi connectivity index (χ1v) is 26.7. The van der Waals surface area contributed by atoms with Gasteiger partial charge in [-0.3, -0.25) is 14.4 Å². The van der Waals surface area contributed by atoms with Gasteiger partial charge in [-0.2, -0.15) is 0 Å². The van der Waals surface area contributed by atoms with Crippen LogP contribution in [0.5, 0.6) is 0 Å². The number of unbranched alkanes of at least 4 members (excludes halogenated alkanes) is 26. The molecule has 0 N–H and O–H groups in total. The maximum atomic E-state index is 12.8. The maximum absolute atomic E-state index is 12.8. The summed E-state index contributed by atoms with van der Waals surface area (Å²) in [6, 6.07) is 0. The molecular weight excluding hydrogens is 793 g/mol. The Kier molecular flexibility index (Phi) is 49.4. The average molecular weight is 891 g/mol. The summed E-state index contributed by atoms with van der Waals surface area (Å²) in [7, 11) is 0. The Labute approximate surface area is 395 Å². The van der Waals surface area contributed by atoms with E-state index in [-0.39, 0.29) is 37.5 Å². The van der Waals surface area contributed by atoms with Crippen molar-refractivity contribution in [2.75, 3.05) is 13.2 Å². The van der Waals surface area contributed by atoms with Crippen molar-refractivity contribution in [2.24, 2.45) is 0 Å². The Bertz CT molecular complexity index is 1250. The number of hydrogen-bond acceptors (Lipinski definition) is 6. The molecule has 6 heteroatoms. The van der Waals surface area contributed by atoms with E-state index < -0.39 is 6.10 Å². The smallest absolute Gasteiger partial charge is 0.306 e. The molecule has 0 aliphatic heterocycles. The van der Waals surface area contributed by atoms with Crippen LogP contribution in [0.1, 0.15) is 245 Å². The van der Waals surface area contributed by atoms with E-state index in [0.29, 0.717) is 19.3 Å². The normalized spacial score (nSPS) is 12.7. The third-order valence-electron chi connectivity index (χ3n) is 11.2. The summed E-state index contributed by atoms with van der Waals surface area (Å²) in [6.45, 7) is 6.43. The van der Waals surface area contributed by atoms with Crippen LogP contribution in [-0.2, 0) is 28.6 Å². The predicted octanol–water partition coefficient (Wildman–Crippen LogP) is 17.6. The first-order chi connectivity index (χ1) is 31.5. The predicted molar refractivity (Wildman–Crippen MR) is 274 cm³/mol. The zero-order valence-electron chi connectivity index (χ0n) is 41.8. The van der Waals surface area contributed by atoms with Gasteiger partial charge in [-0.25, -0.2) is 0 Å². The molecule has 64 heavy (non-hydrogen) atoms. The first-order valence-electron chi connectivity index (χ1n) is 26.7. The van der Waals surface area contributed by atoms with Crippen molar-refractivity contribution in [3.63, 3.8) is 0 Å². The quantitative estimate of drug-likeness (QED) is 0.0199. The van der Waals surface area contributed by atoms with Gasteiger partial charge in [0.25, 0.3) is 0 Å². The minimum Gasteiger partial charge on any atom is -0.462 e. The van der Waals surface area contributed by atoms with Crippen LogP contribution < -0.4 is 0 Å². The van der Waals surface area contributed by atoms with Crippen molar-refractivity contribution >= 4 is 17.9 Å². The number of rotatable bonds is 47. The van der Waals surface area contributed by atoms with Gasteiger partial charge in [0.15, 0.2) is 6.10 Å². The van der Waals surface area contributed by atoms with E-state index in [1.54, 1.807) is 0 Å². The molecule has 0 radical (unpaired) electrons. The Hall–Kier alpha value is -3.41. The van der Waals surface area contributed by atoms with Crippen LogP contribution in [0.3, 0.4) is 0 Å². The summed E-state index contributed by atoms with van der Waals surface area (Å²) < 4.78 is 16.8. The van der Waals surface area contributed by atoms with Crippen LogP contribution in [0.15, 0.2) is 85.1 Å². The van der Waals surface area contributed by atoms with E-state index >= 15 is 0 Å². The molecule has 0 bridgehead atoms. The highest BCUT2D eigenvalue weighted by molar-refractivity contribution is 5.71. The molecule has 0 aliphatic carbocycles. The van der Waals surface area contributed by atoms with Crippen molar-refractivity contribution in [3.05, 3.63) is 85.1 Å². The number of hydrogen-bond donors (Lipinski definition) is 0. The summed E-state index contributed by atoms with van der Waals surface area (Å²) in [5, 5.41) is 0. The third-order valence-corrected chi connectivity index (χ3v) is 11.2. The van der Waals surface area contributed by atoms with Crippen molar-refractivity contribution < 1.29 is 28.6 Å². The fourth-order valence-electron chi connectivity index (χ4n) is 7.22. The Morgan fingerprint density at radius 3 is 1.02 bits per heavy atom. The molecule has 0 saturated carbocycles. The van der Waals surface area contributed by atoms with Crippen LogP contribution in [0.2, 0.25) is 0 Å². The lowest BCUT2D eigenvalue weighted by Gasteiger charge is -2.18. The molecule has 6 nitrogen and oxygen atoms in total. The van der Waals surface area contributed by atoms with E-state index in [9.17, 15) is 14.4 Å². The van der Waals surface area contributed by atoms with Crippen LogP contribution in [0.4, 0.5) is 0 Å². The van der Waals surface area contributed by atoms with E-state index in [1.807, 2.05) is 48.6 Å². The minimum absolute atomic E-state index is 0.103. The topological polar surface area (TPSA) is 78.9 Å². The Balaban J connectivity index is 4.47. The number of allylic oxidation sites excluding steroid dienone is 14. The molecule has 0 rings (SSSR count). The van der Waals surface area contributed by atoms with Crippen LogP contribution >= 0.6 is 0 Å². The summed E-state index contributed by atoms with van der Waals surface area (Å²) >= 11 is 0. The van der Waals surface area contributed by atoms with E-state index in [4.69, 9.17) is 14.2 Å². The second-order valence-corrected chi connectivity index (χ2v) is 17.5. The van der Waals surface area contributed by atoms with E-state index in [0.717, 1.165) is 83.5 Å². The van der Waals surface area contributed by atoms with Gasteiger partial charge in [-0.15, -0.1) is 0 Å². The fourth-order valence-corrected chi connectivity index (χ4v) is 7.22. The molecule has 0 aliphatic rings. The highest BCUT2D eigenvalue weighted by Crippen LogP contribution is 2.14. The molecule has 0 heterocycles. The lowest BCUT2D eigenvalue weighted by atomic mass is 10.1. The monoisotopic (exact) mass is 891 g/mol. The fraction of sp³-hybridized carbons (Fsp3) is 0.707. The third kappa shape index (κ3) is 49.6. The van der Waals surface area contributed by atoms with Gasteiger partial charge in [0, 0.05) is 19.3 Å². The van der Waals surface area contributed by atoms with Crippen molar-refractivity contribution in [3.8, 4) is 0 Å². The Morgan fingerprint density at radius 2 is 0.625 bits per heavy atom. The van der Waals surface area contributed by atoms with Crippen molar-refractivity contribution in [1.82, 2.24) is 0 Å². The van der Waals surface area contributed by atoms with Crippen LogP contribution in [0, 0.1) is 0 Å². The molecule has 0 spiro atoms. The maximum Gasteiger partial charge on any atom is 0.306 e. The SMILES string of the molecule is CC\C=C/C=C\C=C/C=C\C=C/CCCCCC(=O)OC(COC(=O)CCCCC/C=C\CCCCCCCC)COC(=O)CCCCCCC/C=C\CCCCCCCCCCC. The Morgan fingerprint density at radius 1 is 0.328 bits per heavy atom. The molecule has 0 aromatic heterocycles. The van der Waals surface area contributed by atoms with Crippen LogP contribution in [-0.4, -0.2) is 37.2 Å². The zero-order chi connectivity index (χ0) is 46.5. The molecule has 0 fully saturated rings. The van der Waals surface area contributed by atoms with E-state index in [1.165, 1.54) is 116 Å². The highest BCUT2D eigenvalue weighted by Gasteiger charge is 2.19. The molecular formula is C58H98O6. The first kappa shape index (κ1) is 60.6. The number of carbonyl (C=O) groups excluding carboxylic acids is 3. The zero-order valence-corrected chi connectivity index (χ0v) is 41.8. The van der Waals surface area contributed by atoms with Crippen molar-refractivity contribution in [1.29, 1.82) is 0 Å². The highest BCUT2D eigenvalue weighted by atomic mass is 16.6. The average Bonchev–Trinajstić information content (AvgIpc) is 3.29. The van der Waals surface area contributed by atoms with Gasteiger partial charge in [-0.1, -0.05) is 221 Å². The molecule has 0 aromatic carbocycles. The molecule has 366 valence electrons. The minimum atomic E-state index is -0.808. The molecule has 0 amide bonds. The second-order valence-electron chi connectivity index (χ2n) is 17.5. The lowest BCUT2D eigenvalue weighted by Crippen LogP contribution is -2.30. The summed E-state index contributed by atoms with van der Waals surface area (Å²) in [6.07, 6.45) is 67.1. The lowest BCUT2D eigenvalue weighted by molar-refractivity contribution is -0.167. The molecule has 0 aromatic rings. The largest absolute Gasteiger partial charge is 0.462 e. The standard InChI is InChI=1S/C58H98O6/c1-4-7-10-13-16-19-22-25-27-28-29-31-33-36-39-42-45-48-51-57(60)63-54-55(53-62-56(59)50-47-44-41-38-35-32-24-21-18-15-12-9-6-3)64-58(61)52-49-46-43-40-37-34-30-26-23-20-17-14-11-8-5-2/h8,11,14,17,20,23,26,29-32,34-35,37,55H,4-7,9-10,12-13,15-16,18-19,21-22,24-25,27-28,33,36,38-54H2,1-3H3/b11-8-,17-14-,23-20-,30-26-,31-29-,35-32-,37-34-. The number of ether oxygens (including phenoxy) is 3. The van der Waals surface area contributed by atoms with Crippen LogP contribution in [0.25, 0.3) is 0 Å². The second kappa shape index (κ2) is 52.2. The van der Waals surface area contributed by atoms with Gasteiger partial charge < -0.3 is 14.2 Å². The number of esters is 3. The number of carbonyl (C=O) groups is 3. The summed E-state index contributed by atoms with van der Waals surface area (Å²) in [5.41, 5.74) is 0. The van der Waals surface area contributed by atoms with Gasteiger partial charge in [0.05, 0.1) is 0 Å². The molecule has 1 atom stereocenters. The van der Waals surface area contributed by atoms with E-state index in [2.05, 4.69) is 57.2 Å². The van der Waals surface area contributed by atoms with Gasteiger partial charge >= 0.3 is 17.9 Å².